The summed E-state index contributed by atoms with van der Waals surface area (Å²) in [5.41, 5.74) is 0. The molecule has 0 saturated heterocycles. The molecule has 0 heterocycles. The van der Waals surface area contributed by atoms with Crippen LogP contribution in [0.25, 0.3) is 0 Å². The zero-order valence-electron chi connectivity index (χ0n) is 10.5. The number of carbonyl (C=O) groups is 1. The van der Waals surface area contributed by atoms with Crippen LogP contribution in [0.2, 0.25) is 0 Å². The van der Waals surface area contributed by atoms with E-state index in [0.717, 1.165) is 39.0 Å². The summed E-state index contributed by atoms with van der Waals surface area (Å²) in [5, 5.41) is 3.35. The van der Waals surface area contributed by atoms with E-state index in [9.17, 15) is 4.79 Å². The summed E-state index contributed by atoms with van der Waals surface area (Å²) in [4.78, 5) is 13.2. The smallest absolute Gasteiger partial charge is 0.219 e. The summed E-state index contributed by atoms with van der Waals surface area (Å²) in [6.07, 6.45) is 4.69. The average Bonchev–Trinajstić information content (AvgIpc) is 2.21. The van der Waals surface area contributed by atoms with Crippen LogP contribution in [0, 0.1) is 0 Å². The molecule has 3 nitrogen and oxygen atoms in total. The molecule has 0 fully saturated rings. The van der Waals surface area contributed by atoms with Crippen LogP contribution in [0.3, 0.4) is 0 Å². The van der Waals surface area contributed by atoms with Crippen molar-refractivity contribution in [1.29, 1.82) is 0 Å². The first-order chi connectivity index (χ1) is 7.22. The summed E-state index contributed by atoms with van der Waals surface area (Å²) in [6, 6.07) is 0. The lowest BCUT2D eigenvalue weighted by Gasteiger charge is -2.20. The maximum absolute atomic E-state index is 11.3. The van der Waals surface area contributed by atoms with E-state index < -0.39 is 0 Å². The van der Waals surface area contributed by atoms with Gasteiger partial charge in [-0.15, -0.1) is 0 Å². The maximum atomic E-state index is 11.3. The van der Waals surface area contributed by atoms with Crippen molar-refractivity contribution in [2.45, 2.75) is 46.5 Å². The van der Waals surface area contributed by atoms with Gasteiger partial charge in [0.1, 0.15) is 0 Å². The third-order valence-corrected chi connectivity index (χ3v) is 2.49. The van der Waals surface area contributed by atoms with Crippen LogP contribution in [0.4, 0.5) is 0 Å². The zero-order chi connectivity index (χ0) is 11.5. The highest BCUT2D eigenvalue weighted by Gasteiger charge is 2.06. The van der Waals surface area contributed by atoms with E-state index in [-0.39, 0.29) is 5.91 Å². The third-order valence-electron chi connectivity index (χ3n) is 2.49. The molecule has 0 aliphatic rings. The van der Waals surface area contributed by atoms with Gasteiger partial charge in [-0.3, -0.25) is 4.79 Å². The molecule has 3 heteroatoms. The topological polar surface area (TPSA) is 32.3 Å². The van der Waals surface area contributed by atoms with Gasteiger partial charge < -0.3 is 10.2 Å². The highest BCUT2D eigenvalue weighted by atomic mass is 16.2. The van der Waals surface area contributed by atoms with Gasteiger partial charge in [0.05, 0.1) is 0 Å². The number of nitrogens with zero attached hydrogens (tertiary/aromatic N) is 1. The van der Waals surface area contributed by atoms with E-state index in [1.807, 2.05) is 4.90 Å². The number of nitrogens with one attached hydrogen (secondary N) is 1. The van der Waals surface area contributed by atoms with Gasteiger partial charge in [0.25, 0.3) is 0 Å². The van der Waals surface area contributed by atoms with Crippen LogP contribution in [0.5, 0.6) is 0 Å². The minimum atomic E-state index is 0.195. The minimum absolute atomic E-state index is 0.195. The quantitative estimate of drug-likeness (QED) is 0.596. The van der Waals surface area contributed by atoms with Crippen LogP contribution in [-0.2, 0) is 4.79 Å². The highest BCUT2D eigenvalue weighted by molar-refractivity contribution is 5.73. The monoisotopic (exact) mass is 214 g/mol. The van der Waals surface area contributed by atoms with E-state index in [1.54, 1.807) is 6.92 Å². The number of unbranched alkanes of at least 4 members (excludes halogenated alkanes) is 2. The summed E-state index contributed by atoms with van der Waals surface area (Å²) in [5.74, 6) is 0.195. The molecular weight excluding hydrogens is 188 g/mol. The highest BCUT2D eigenvalue weighted by Crippen LogP contribution is 1.95. The summed E-state index contributed by atoms with van der Waals surface area (Å²) >= 11 is 0. The van der Waals surface area contributed by atoms with Gasteiger partial charge in [-0.2, -0.15) is 0 Å². The van der Waals surface area contributed by atoms with Gasteiger partial charge in [-0.1, -0.05) is 26.7 Å². The zero-order valence-corrected chi connectivity index (χ0v) is 10.5. The van der Waals surface area contributed by atoms with E-state index >= 15 is 0 Å². The number of amides is 1. The lowest BCUT2D eigenvalue weighted by molar-refractivity contribution is -0.128. The van der Waals surface area contributed by atoms with Gasteiger partial charge in [0.15, 0.2) is 0 Å². The van der Waals surface area contributed by atoms with Crippen LogP contribution >= 0.6 is 0 Å². The SMILES string of the molecule is CCCCNCCN(CCCC)C(C)=O. The molecule has 0 aromatic carbocycles. The molecule has 0 spiro atoms. The number of rotatable bonds is 9. The van der Waals surface area contributed by atoms with Crippen molar-refractivity contribution in [2.75, 3.05) is 26.2 Å². The Morgan fingerprint density at radius 3 is 2.27 bits per heavy atom. The Balaban J connectivity index is 3.53. The Kier molecular flexibility index (Phi) is 9.59. The second kappa shape index (κ2) is 9.97. The Hall–Kier alpha value is -0.570. The fourth-order valence-corrected chi connectivity index (χ4v) is 1.42. The molecule has 0 rings (SSSR count). The molecule has 1 N–H and O–H groups in total. The molecule has 0 unspecified atom stereocenters. The summed E-state index contributed by atoms with van der Waals surface area (Å²) < 4.78 is 0. The van der Waals surface area contributed by atoms with Crippen molar-refractivity contribution >= 4 is 5.91 Å². The van der Waals surface area contributed by atoms with Crippen molar-refractivity contribution in [3.8, 4) is 0 Å². The molecule has 90 valence electrons. The Morgan fingerprint density at radius 1 is 1.07 bits per heavy atom. The molecule has 15 heavy (non-hydrogen) atoms. The second-order valence-corrected chi connectivity index (χ2v) is 3.96. The molecular formula is C12H26N2O. The van der Waals surface area contributed by atoms with Crippen molar-refractivity contribution in [1.82, 2.24) is 10.2 Å². The molecule has 1 amide bonds. The molecule has 0 aliphatic heterocycles. The van der Waals surface area contributed by atoms with Crippen LogP contribution < -0.4 is 5.32 Å². The molecule has 0 atom stereocenters. The fraction of sp³-hybridized carbons (Fsp3) is 0.917. The largest absolute Gasteiger partial charge is 0.342 e. The van der Waals surface area contributed by atoms with Crippen molar-refractivity contribution < 1.29 is 4.79 Å². The normalized spacial score (nSPS) is 10.3. The minimum Gasteiger partial charge on any atom is -0.342 e. The molecule has 0 radical (unpaired) electrons. The molecule has 0 saturated carbocycles. The van der Waals surface area contributed by atoms with Crippen LogP contribution in [0.1, 0.15) is 46.5 Å². The first kappa shape index (κ1) is 14.4. The number of hydrogen-bond acceptors (Lipinski definition) is 2. The van der Waals surface area contributed by atoms with Gasteiger partial charge in [-0.25, -0.2) is 0 Å². The summed E-state index contributed by atoms with van der Waals surface area (Å²) in [7, 11) is 0. The Morgan fingerprint density at radius 2 is 1.73 bits per heavy atom. The Bertz CT molecular complexity index is 160. The predicted octanol–water partition coefficient (Wildman–Crippen LogP) is 2.02. The third kappa shape index (κ3) is 8.43. The lowest BCUT2D eigenvalue weighted by atomic mass is 10.3. The molecule has 0 bridgehead atoms. The Labute approximate surface area is 94.2 Å². The van der Waals surface area contributed by atoms with Crippen LogP contribution in [-0.4, -0.2) is 37.0 Å². The summed E-state index contributed by atoms with van der Waals surface area (Å²) in [6.45, 7) is 9.73. The van der Waals surface area contributed by atoms with Crippen LogP contribution in [0.15, 0.2) is 0 Å². The average molecular weight is 214 g/mol. The van der Waals surface area contributed by atoms with E-state index in [4.69, 9.17) is 0 Å². The first-order valence-electron chi connectivity index (χ1n) is 6.18. The maximum Gasteiger partial charge on any atom is 0.219 e. The second-order valence-electron chi connectivity index (χ2n) is 3.96. The van der Waals surface area contributed by atoms with E-state index in [0.29, 0.717) is 0 Å². The van der Waals surface area contributed by atoms with Gasteiger partial charge >= 0.3 is 0 Å². The van der Waals surface area contributed by atoms with Crippen molar-refractivity contribution in [3.05, 3.63) is 0 Å². The van der Waals surface area contributed by atoms with E-state index in [2.05, 4.69) is 19.2 Å². The molecule has 0 aromatic rings. The van der Waals surface area contributed by atoms with Gasteiger partial charge in [0.2, 0.25) is 5.91 Å². The number of hydrogen-bond donors (Lipinski definition) is 1. The standard InChI is InChI=1S/C12H26N2O/c1-4-6-8-13-9-11-14(12(3)15)10-7-5-2/h13H,4-11H2,1-3H3. The molecule has 0 aliphatic carbocycles. The number of carbonyl (C=O) groups excluding carboxylic acids is 1. The van der Waals surface area contributed by atoms with Gasteiger partial charge in [0, 0.05) is 26.6 Å². The first-order valence-corrected chi connectivity index (χ1v) is 6.18. The van der Waals surface area contributed by atoms with Crippen molar-refractivity contribution in [2.24, 2.45) is 0 Å². The lowest BCUT2D eigenvalue weighted by Crippen LogP contribution is -2.36. The van der Waals surface area contributed by atoms with Gasteiger partial charge in [-0.05, 0) is 19.4 Å². The predicted molar refractivity (Wildman–Crippen MR) is 64.9 cm³/mol. The fourth-order valence-electron chi connectivity index (χ4n) is 1.42. The van der Waals surface area contributed by atoms with Crippen molar-refractivity contribution in [3.63, 3.8) is 0 Å². The van der Waals surface area contributed by atoms with E-state index in [1.165, 1.54) is 12.8 Å². The molecule has 0 aromatic heterocycles.